The Kier molecular flexibility index (Phi) is 28.6. The molecule has 0 saturated heterocycles. The Balaban J connectivity index is 3.37. The molecule has 220 valence electrons. The summed E-state index contributed by atoms with van der Waals surface area (Å²) in [7, 11) is 2.15. The van der Waals surface area contributed by atoms with Gasteiger partial charge in [0.05, 0.1) is 0 Å². The largest absolute Gasteiger partial charge is 0.356 e. The lowest BCUT2D eigenvalue weighted by molar-refractivity contribution is -0.122. The summed E-state index contributed by atoms with van der Waals surface area (Å²) >= 11 is 0. The molecule has 2 N–H and O–H groups in total. The minimum Gasteiger partial charge on any atom is -0.356 e. The van der Waals surface area contributed by atoms with E-state index < -0.39 is 0 Å². The molecule has 0 saturated carbocycles. The lowest BCUT2D eigenvalue weighted by Crippen LogP contribution is -2.29. The SMILES string of the molecule is CCCCCCCCCCCC(=O)NCCCCN(C)CCCNC(=O)CCCCCCCCCCC. The number of nitrogens with zero attached hydrogens (tertiary/aromatic N) is 1. The van der Waals surface area contributed by atoms with E-state index in [1.54, 1.807) is 0 Å². The summed E-state index contributed by atoms with van der Waals surface area (Å²) in [6.45, 7) is 8.13. The third-order valence-corrected chi connectivity index (χ3v) is 7.34. The van der Waals surface area contributed by atoms with Gasteiger partial charge in [-0.25, -0.2) is 0 Å². The van der Waals surface area contributed by atoms with Crippen LogP contribution in [0.3, 0.4) is 0 Å². The van der Waals surface area contributed by atoms with Crippen LogP contribution in [0.2, 0.25) is 0 Å². The fourth-order valence-electron chi connectivity index (χ4n) is 4.79. The highest BCUT2D eigenvalue weighted by molar-refractivity contribution is 5.76. The second-order valence-electron chi connectivity index (χ2n) is 11.2. The Morgan fingerprint density at radius 1 is 0.459 bits per heavy atom. The zero-order valence-electron chi connectivity index (χ0n) is 25.4. The highest BCUT2D eigenvalue weighted by Gasteiger charge is 2.04. The molecule has 0 aromatic heterocycles. The Labute approximate surface area is 231 Å². The van der Waals surface area contributed by atoms with Crippen molar-refractivity contribution in [2.75, 3.05) is 33.2 Å². The number of hydrogen-bond acceptors (Lipinski definition) is 3. The van der Waals surface area contributed by atoms with Gasteiger partial charge in [0.25, 0.3) is 0 Å². The van der Waals surface area contributed by atoms with E-state index in [9.17, 15) is 9.59 Å². The summed E-state index contributed by atoms with van der Waals surface area (Å²) in [4.78, 5) is 26.3. The Morgan fingerprint density at radius 2 is 0.811 bits per heavy atom. The number of amides is 2. The van der Waals surface area contributed by atoms with Crippen LogP contribution in [0.25, 0.3) is 0 Å². The average Bonchev–Trinajstić information content (AvgIpc) is 2.89. The van der Waals surface area contributed by atoms with Crippen LogP contribution < -0.4 is 10.6 Å². The maximum absolute atomic E-state index is 12.0. The van der Waals surface area contributed by atoms with E-state index in [4.69, 9.17) is 0 Å². The van der Waals surface area contributed by atoms with Crippen molar-refractivity contribution in [2.24, 2.45) is 0 Å². The summed E-state index contributed by atoms with van der Waals surface area (Å²) in [5.41, 5.74) is 0. The lowest BCUT2D eigenvalue weighted by Gasteiger charge is -2.16. The predicted octanol–water partition coefficient (Wildman–Crippen LogP) is 8.16. The number of hydrogen-bond donors (Lipinski definition) is 2. The molecule has 0 fully saturated rings. The Bertz CT molecular complexity index is 498. The van der Waals surface area contributed by atoms with Gasteiger partial charge in [-0.05, 0) is 52.2 Å². The van der Waals surface area contributed by atoms with Gasteiger partial charge >= 0.3 is 0 Å². The minimum atomic E-state index is 0.212. The molecule has 0 spiro atoms. The quantitative estimate of drug-likeness (QED) is 0.0972. The first-order valence-electron chi connectivity index (χ1n) is 16.3. The fourth-order valence-corrected chi connectivity index (χ4v) is 4.79. The third-order valence-electron chi connectivity index (χ3n) is 7.34. The highest BCUT2D eigenvalue weighted by Crippen LogP contribution is 2.11. The van der Waals surface area contributed by atoms with Crippen molar-refractivity contribution in [3.63, 3.8) is 0 Å². The molecule has 5 nitrogen and oxygen atoms in total. The number of rotatable bonds is 29. The van der Waals surface area contributed by atoms with E-state index >= 15 is 0 Å². The van der Waals surface area contributed by atoms with Gasteiger partial charge in [-0.2, -0.15) is 0 Å². The molecule has 0 aromatic carbocycles. The molecule has 5 heteroatoms. The second-order valence-corrected chi connectivity index (χ2v) is 11.2. The topological polar surface area (TPSA) is 61.4 Å². The molecule has 0 rings (SSSR count). The van der Waals surface area contributed by atoms with Crippen LogP contribution in [-0.4, -0.2) is 49.9 Å². The first-order valence-corrected chi connectivity index (χ1v) is 16.3. The maximum atomic E-state index is 12.0. The summed E-state index contributed by atoms with van der Waals surface area (Å²) in [6, 6.07) is 0. The minimum absolute atomic E-state index is 0.212. The molecule has 0 heterocycles. The Hall–Kier alpha value is -1.10. The standard InChI is InChI=1S/C32H65N3O2/c1-4-6-8-10-12-14-16-18-20-25-31(36)33-27-22-23-29-35(3)30-24-28-34-32(37)26-21-19-17-15-13-11-9-7-5-2/h4-30H2,1-3H3,(H,33,36)(H,34,37). The predicted molar refractivity (Wildman–Crippen MR) is 161 cm³/mol. The average molecular weight is 524 g/mol. The molecule has 0 unspecified atom stereocenters. The molecule has 0 atom stereocenters. The van der Waals surface area contributed by atoms with E-state index in [0.717, 1.165) is 58.3 Å². The van der Waals surface area contributed by atoms with Crippen molar-refractivity contribution in [3.8, 4) is 0 Å². The monoisotopic (exact) mass is 524 g/mol. The smallest absolute Gasteiger partial charge is 0.219 e. The van der Waals surface area contributed by atoms with Crippen LogP contribution >= 0.6 is 0 Å². The van der Waals surface area contributed by atoms with Crippen LogP contribution in [0, 0.1) is 0 Å². The van der Waals surface area contributed by atoms with Crippen molar-refractivity contribution >= 4 is 11.8 Å². The van der Waals surface area contributed by atoms with Crippen molar-refractivity contribution in [1.82, 2.24) is 15.5 Å². The second kappa shape index (κ2) is 29.5. The molecule has 0 aliphatic heterocycles. The maximum Gasteiger partial charge on any atom is 0.219 e. The van der Waals surface area contributed by atoms with E-state index in [1.807, 2.05) is 0 Å². The molecule has 2 amide bonds. The first kappa shape index (κ1) is 35.9. The van der Waals surface area contributed by atoms with Gasteiger partial charge in [0.2, 0.25) is 11.8 Å². The Morgan fingerprint density at radius 3 is 1.24 bits per heavy atom. The molecule has 0 radical (unpaired) electrons. The highest BCUT2D eigenvalue weighted by atomic mass is 16.2. The number of nitrogens with one attached hydrogen (secondary N) is 2. The van der Waals surface area contributed by atoms with Crippen LogP contribution in [0.5, 0.6) is 0 Å². The number of carbonyl (C=O) groups is 2. The van der Waals surface area contributed by atoms with Gasteiger partial charge in [-0.1, -0.05) is 117 Å². The van der Waals surface area contributed by atoms with Gasteiger partial charge in [-0.15, -0.1) is 0 Å². The first-order chi connectivity index (χ1) is 18.1. The van der Waals surface area contributed by atoms with Crippen molar-refractivity contribution < 1.29 is 9.59 Å². The summed E-state index contributed by atoms with van der Waals surface area (Å²) in [6.07, 6.45) is 27.7. The summed E-state index contributed by atoms with van der Waals surface area (Å²) < 4.78 is 0. The number of unbranched alkanes of at least 4 members (excludes halogenated alkanes) is 17. The molecule has 0 aromatic rings. The van der Waals surface area contributed by atoms with E-state index in [0.29, 0.717) is 12.8 Å². The molecule has 0 bridgehead atoms. The van der Waals surface area contributed by atoms with Crippen LogP contribution in [0.15, 0.2) is 0 Å². The fraction of sp³-hybridized carbons (Fsp3) is 0.938. The van der Waals surface area contributed by atoms with E-state index in [1.165, 1.54) is 103 Å². The summed E-state index contributed by atoms with van der Waals surface area (Å²) in [5, 5.41) is 6.16. The van der Waals surface area contributed by atoms with Crippen LogP contribution in [0.1, 0.15) is 162 Å². The zero-order chi connectivity index (χ0) is 27.2. The molecule has 0 aliphatic rings. The molecule has 37 heavy (non-hydrogen) atoms. The van der Waals surface area contributed by atoms with E-state index in [-0.39, 0.29) is 11.8 Å². The number of carbonyl (C=O) groups excluding carboxylic acids is 2. The van der Waals surface area contributed by atoms with Crippen LogP contribution in [0.4, 0.5) is 0 Å². The van der Waals surface area contributed by atoms with Gasteiger partial charge in [0.15, 0.2) is 0 Å². The molecular weight excluding hydrogens is 458 g/mol. The molecular formula is C32H65N3O2. The zero-order valence-corrected chi connectivity index (χ0v) is 25.4. The van der Waals surface area contributed by atoms with Gasteiger partial charge < -0.3 is 15.5 Å². The third kappa shape index (κ3) is 29.3. The van der Waals surface area contributed by atoms with Crippen molar-refractivity contribution in [3.05, 3.63) is 0 Å². The van der Waals surface area contributed by atoms with E-state index in [2.05, 4.69) is 36.4 Å². The molecule has 0 aliphatic carbocycles. The van der Waals surface area contributed by atoms with Crippen LogP contribution in [-0.2, 0) is 9.59 Å². The van der Waals surface area contributed by atoms with Crippen molar-refractivity contribution in [1.29, 1.82) is 0 Å². The van der Waals surface area contributed by atoms with Gasteiger partial charge in [0, 0.05) is 25.9 Å². The summed E-state index contributed by atoms with van der Waals surface area (Å²) in [5.74, 6) is 0.429. The normalized spacial score (nSPS) is 11.2. The lowest BCUT2D eigenvalue weighted by atomic mass is 10.1. The van der Waals surface area contributed by atoms with Gasteiger partial charge in [-0.3, -0.25) is 9.59 Å². The van der Waals surface area contributed by atoms with Gasteiger partial charge in [0.1, 0.15) is 0 Å². The van der Waals surface area contributed by atoms with Crippen molar-refractivity contribution in [2.45, 2.75) is 162 Å².